The summed E-state index contributed by atoms with van der Waals surface area (Å²) < 4.78 is 24.2. The predicted octanol–water partition coefficient (Wildman–Crippen LogP) is 3.60. The van der Waals surface area contributed by atoms with Crippen molar-refractivity contribution < 1.29 is 13.5 Å². The molecule has 0 aliphatic rings. The molecule has 0 atom stereocenters. The highest BCUT2D eigenvalue weighted by Gasteiger charge is 2.15. The van der Waals surface area contributed by atoms with Crippen LogP contribution in [-0.4, -0.2) is 18.1 Å². The summed E-state index contributed by atoms with van der Waals surface area (Å²) in [6, 6.07) is 13.1. The van der Waals surface area contributed by atoms with E-state index >= 15 is 0 Å². The van der Waals surface area contributed by atoms with Crippen molar-refractivity contribution in [3.8, 4) is 5.88 Å². The van der Waals surface area contributed by atoms with Gasteiger partial charge in [-0.15, -0.1) is 11.7 Å². The van der Waals surface area contributed by atoms with Crippen LogP contribution in [0.25, 0.3) is 10.9 Å². The summed E-state index contributed by atoms with van der Waals surface area (Å²) in [6.45, 7) is 4.12. The molecule has 0 amide bonds. The Morgan fingerprint density at radius 3 is 2.44 bits per heavy atom. The molecule has 0 unspecified atom stereocenters. The van der Waals surface area contributed by atoms with Crippen molar-refractivity contribution in [3.63, 3.8) is 0 Å². The van der Waals surface area contributed by atoms with Crippen LogP contribution in [0.3, 0.4) is 0 Å². The Hall–Kier alpha value is -2.97. The van der Waals surface area contributed by atoms with Gasteiger partial charge in [0.1, 0.15) is 0 Å². The summed E-state index contributed by atoms with van der Waals surface area (Å²) in [5.41, 5.74) is 1.60. The lowest BCUT2D eigenvalue weighted by Crippen LogP contribution is -2.11. The maximum Gasteiger partial charge on any atom is 0.238 e. The molecule has 2 aromatic carbocycles. The number of azo groups is 1. The van der Waals surface area contributed by atoms with Gasteiger partial charge in [0.15, 0.2) is 5.69 Å². The molecular weight excluding hydrogens is 340 g/mol. The number of primary sulfonamides is 1. The monoisotopic (exact) mass is 356 g/mol. The first-order chi connectivity index (χ1) is 11.9. The number of rotatable bonds is 5. The molecule has 1 heterocycles. The van der Waals surface area contributed by atoms with E-state index in [-0.39, 0.29) is 10.8 Å². The summed E-state index contributed by atoms with van der Waals surface area (Å²) >= 11 is 0. The Labute approximate surface area is 144 Å². The van der Waals surface area contributed by atoms with Gasteiger partial charge >= 0.3 is 0 Å². The fraction of sp³-hybridized carbons (Fsp3) is 0.0588. The Morgan fingerprint density at radius 1 is 1.12 bits per heavy atom. The summed E-state index contributed by atoms with van der Waals surface area (Å²) in [4.78, 5) is -0.00289. The van der Waals surface area contributed by atoms with Crippen molar-refractivity contribution in [3.05, 3.63) is 61.2 Å². The van der Waals surface area contributed by atoms with Crippen LogP contribution in [0.1, 0.15) is 0 Å². The van der Waals surface area contributed by atoms with Crippen LogP contribution in [0.4, 0.5) is 11.4 Å². The molecule has 3 rings (SSSR count). The topological polar surface area (TPSA) is 110 Å². The van der Waals surface area contributed by atoms with Gasteiger partial charge in [-0.3, -0.25) is 0 Å². The number of para-hydroxylation sites is 1. The molecule has 0 radical (unpaired) electrons. The van der Waals surface area contributed by atoms with Crippen molar-refractivity contribution in [2.75, 3.05) is 0 Å². The zero-order valence-corrected chi connectivity index (χ0v) is 14.0. The van der Waals surface area contributed by atoms with E-state index in [4.69, 9.17) is 5.14 Å². The fourth-order valence-electron chi connectivity index (χ4n) is 2.49. The van der Waals surface area contributed by atoms with Crippen molar-refractivity contribution in [1.29, 1.82) is 0 Å². The fourth-order valence-corrected chi connectivity index (χ4v) is 3.01. The summed E-state index contributed by atoms with van der Waals surface area (Å²) in [6.07, 6.45) is 1.68. The number of benzene rings is 2. The maximum absolute atomic E-state index is 11.3. The van der Waals surface area contributed by atoms with E-state index in [1.165, 1.54) is 24.3 Å². The Bertz CT molecular complexity index is 1070. The van der Waals surface area contributed by atoms with Crippen molar-refractivity contribution in [2.24, 2.45) is 15.4 Å². The number of hydrogen-bond acceptors (Lipinski definition) is 5. The van der Waals surface area contributed by atoms with E-state index in [9.17, 15) is 13.5 Å². The van der Waals surface area contributed by atoms with Gasteiger partial charge < -0.3 is 9.67 Å². The van der Waals surface area contributed by atoms with E-state index in [0.29, 0.717) is 17.9 Å². The molecule has 0 aliphatic heterocycles. The summed E-state index contributed by atoms with van der Waals surface area (Å²) in [7, 11) is -3.75. The van der Waals surface area contributed by atoms with Gasteiger partial charge in [0.2, 0.25) is 15.9 Å². The first kappa shape index (κ1) is 16.9. The molecular formula is C17H16N4O3S. The maximum atomic E-state index is 11.3. The SMILES string of the molecule is C=CCn1c(O)c(N=Nc2ccc(S(N)(=O)=O)cc2)c2ccccc21. The molecule has 0 bridgehead atoms. The van der Waals surface area contributed by atoms with Gasteiger partial charge in [0.05, 0.1) is 16.1 Å². The molecule has 0 spiro atoms. The molecule has 0 saturated heterocycles. The first-order valence-corrected chi connectivity index (χ1v) is 8.92. The largest absolute Gasteiger partial charge is 0.493 e. The van der Waals surface area contributed by atoms with Crippen LogP contribution in [0, 0.1) is 0 Å². The quantitative estimate of drug-likeness (QED) is 0.538. The highest BCUT2D eigenvalue weighted by Crippen LogP contribution is 2.39. The average molecular weight is 356 g/mol. The van der Waals surface area contributed by atoms with Crippen molar-refractivity contribution in [1.82, 2.24) is 4.57 Å². The van der Waals surface area contributed by atoms with Crippen LogP contribution in [-0.2, 0) is 16.6 Å². The second-order valence-corrected chi connectivity index (χ2v) is 6.89. The van der Waals surface area contributed by atoms with Crippen LogP contribution < -0.4 is 5.14 Å². The normalized spacial score (nSPS) is 12.0. The summed E-state index contributed by atoms with van der Waals surface area (Å²) in [5, 5.41) is 24.5. The van der Waals surface area contributed by atoms with E-state index < -0.39 is 10.0 Å². The number of aromatic hydroxyl groups is 1. The van der Waals surface area contributed by atoms with Crippen LogP contribution in [0.15, 0.2) is 76.3 Å². The van der Waals surface area contributed by atoms with Crippen molar-refractivity contribution >= 4 is 32.3 Å². The second kappa shape index (κ2) is 6.50. The predicted molar refractivity (Wildman–Crippen MR) is 95.8 cm³/mol. The molecule has 8 heteroatoms. The Balaban J connectivity index is 2.02. The molecule has 25 heavy (non-hydrogen) atoms. The van der Waals surface area contributed by atoms with Gasteiger partial charge in [0.25, 0.3) is 0 Å². The third-order valence-electron chi connectivity index (χ3n) is 3.66. The lowest BCUT2D eigenvalue weighted by molar-refractivity contribution is 0.431. The van der Waals surface area contributed by atoms with Crippen LogP contribution in [0.5, 0.6) is 5.88 Å². The number of aromatic nitrogens is 1. The van der Waals surface area contributed by atoms with Crippen LogP contribution >= 0.6 is 0 Å². The molecule has 0 aliphatic carbocycles. The van der Waals surface area contributed by atoms with E-state index in [2.05, 4.69) is 16.8 Å². The van der Waals surface area contributed by atoms with Gasteiger partial charge in [-0.25, -0.2) is 13.6 Å². The molecule has 0 fully saturated rings. The number of nitrogens with zero attached hydrogens (tertiary/aromatic N) is 3. The zero-order chi connectivity index (χ0) is 18.0. The summed E-state index contributed by atoms with van der Waals surface area (Å²) in [5.74, 6) is -0.00833. The number of allylic oxidation sites excluding steroid dienone is 1. The van der Waals surface area contributed by atoms with Gasteiger partial charge in [-0.2, -0.15) is 5.11 Å². The Kier molecular flexibility index (Phi) is 4.39. The number of sulfonamides is 1. The molecule has 1 aromatic heterocycles. The minimum absolute atomic E-state index is 0.00289. The second-order valence-electron chi connectivity index (χ2n) is 5.33. The molecule has 0 saturated carbocycles. The smallest absolute Gasteiger partial charge is 0.238 e. The van der Waals surface area contributed by atoms with Gasteiger partial charge in [-0.05, 0) is 30.3 Å². The minimum atomic E-state index is -3.75. The minimum Gasteiger partial charge on any atom is -0.493 e. The van der Waals surface area contributed by atoms with E-state index in [1.54, 1.807) is 10.6 Å². The average Bonchev–Trinajstić information content (AvgIpc) is 2.85. The lowest BCUT2D eigenvalue weighted by Gasteiger charge is -2.01. The zero-order valence-electron chi connectivity index (χ0n) is 13.2. The Morgan fingerprint density at radius 2 is 1.80 bits per heavy atom. The standard InChI is InChI=1S/C17H16N4O3S/c1-2-11-21-15-6-4-3-5-14(15)16(17(21)22)20-19-12-7-9-13(10-8-12)25(18,23)24/h2-10,22H,1,11H2,(H2,18,23,24). The number of hydrogen-bond donors (Lipinski definition) is 2. The lowest BCUT2D eigenvalue weighted by atomic mass is 10.2. The van der Waals surface area contributed by atoms with Crippen molar-refractivity contribution in [2.45, 2.75) is 11.4 Å². The molecule has 3 N–H and O–H groups in total. The van der Waals surface area contributed by atoms with E-state index in [1.807, 2.05) is 24.3 Å². The third kappa shape index (κ3) is 3.30. The highest BCUT2D eigenvalue weighted by atomic mass is 32.2. The van der Waals surface area contributed by atoms with Gasteiger partial charge in [-0.1, -0.05) is 24.3 Å². The number of fused-ring (bicyclic) bond motifs is 1. The third-order valence-corrected chi connectivity index (χ3v) is 4.59. The number of nitrogens with two attached hydrogens (primary N) is 1. The first-order valence-electron chi connectivity index (χ1n) is 7.37. The molecule has 3 aromatic rings. The highest BCUT2D eigenvalue weighted by molar-refractivity contribution is 7.89. The van der Waals surface area contributed by atoms with Gasteiger partial charge in [0, 0.05) is 11.9 Å². The van der Waals surface area contributed by atoms with E-state index in [0.717, 1.165) is 10.9 Å². The molecule has 128 valence electrons. The molecule has 7 nitrogen and oxygen atoms in total. The van der Waals surface area contributed by atoms with Crippen LogP contribution in [0.2, 0.25) is 0 Å².